The molecule has 1 aromatic carbocycles. The molecular formula is C13H18Cl3N. The third-order valence-corrected chi connectivity index (χ3v) is 4.04. The molecule has 1 nitrogen and oxygen atoms in total. The number of hydrogen-bond acceptors (Lipinski definition) is 1. The van der Waals surface area contributed by atoms with Crippen LogP contribution in [0.5, 0.6) is 0 Å². The first-order valence-corrected chi connectivity index (χ1v) is 6.64. The number of rotatable bonds is 2. The number of hydrogen-bond donors (Lipinski definition) is 1. The zero-order valence-electron chi connectivity index (χ0n) is 9.66. The van der Waals surface area contributed by atoms with E-state index in [0.717, 1.165) is 5.56 Å². The predicted molar refractivity (Wildman–Crippen MR) is 77.2 cm³/mol. The normalized spacial score (nSPS) is 18.5. The first kappa shape index (κ1) is 15.1. The van der Waals surface area contributed by atoms with E-state index in [2.05, 4.69) is 0 Å². The second-order valence-corrected chi connectivity index (χ2v) is 5.43. The first-order chi connectivity index (χ1) is 7.68. The van der Waals surface area contributed by atoms with Gasteiger partial charge in [-0.1, -0.05) is 48.5 Å². The smallest absolute Gasteiger partial charge is 0.0468 e. The molecule has 0 aliphatic heterocycles. The van der Waals surface area contributed by atoms with Gasteiger partial charge in [0.15, 0.2) is 0 Å². The fourth-order valence-electron chi connectivity index (χ4n) is 2.52. The molecule has 0 saturated heterocycles. The number of benzene rings is 1. The van der Waals surface area contributed by atoms with Gasteiger partial charge in [0.1, 0.15) is 0 Å². The molecule has 17 heavy (non-hydrogen) atoms. The van der Waals surface area contributed by atoms with Crippen molar-refractivity contribution >= 4 is 35.6 Å². The zero-order valence-corrected chi connectivity index (χ0v) is 12.0. The van der Waals surface area contributed by atoms with Crippen LogP contribution < -0.4 is 5.73 Å². The Morgan fingerprint density at radius 2 is 1.76 bits per heavy atom. The number of halogens is 3. The van der Waals surface area contributed by atoms with Gasteiger partial charge in [-0.25, -0.2) is 0 Å². The van der Waals surface area contributed by atoms with Crippen molar-refractivity contribution in [2.75, 3.05) is 0 Å². The maximum Gasteiger partial charge on any atom is 0.0468 e. The summed E-state index contributed by atoms with van der Waals surface area (Å²) < 4.78 is 0. The fourth-order valence-corrected chi connectivity index (χ4v) is 3.05. The Kier molecular flexibility index (Phi) is 6.08. The van der Waals surface area contributed by atoms with Gasteiger partial charge < -0.3 is 5.73 Å². The molecule has 2 N–H and O–H groups in total. The SMILES string of the molecule is Cl.N[C@H](c1ccc(Cl)cc1Cl)C1CCCCC1. The van der Waals surface area contributed by atoms with Crippen LogP contribution >= 0.6 is 35.6 Å². The summed E-state index contributed by atoms with van der Waals surface area (Å²) in [5.74, 6) is 0.576. The predicted octanol–water partition coefficient (Wildman–Crippen LogP) is 5.00. The van der Waals surface area contributed by atoms with Crippen LogP contribution in [0.3, 0.4) is 0 Å². The Labute approximate surface area is 119 Å². The Morgan fingerprint density at radius 3 is 2.35 bits per heavy atom. The number of nitrogens with two attached hydrogens (primary N) is 1. The van der Waals surface area contributed by atoms with E-state index in [1.54, 1.807) is 6.07 Å². The van der Waals surface area contributed by atoms with E-state index < -0.39 is 0 Å². The lowest BCUT2D eigenvalue weighted by atomic mass is 9.81. The second-order valence-electron chi connectivity index (χ2n) is 4.59. The molecule has 1 aliphatic carbocycles. The lowest BCUT2D eigenvalue weighted by molar-refractivity contribution is 0.308. The van der Waals surface area contributed by atoms with Crippen molar-refractivity contribution in [3.8, 4) is 0 Å². The Hall–Kier alpha value is 0.0500. The van der Waals surface area contributed by atoms with E-state index in [-0.39, 0.29) is 18.4 Å². The van der Waals surface area contributed by atoms with Crippen molar-refractivity contribution in [1.29, 1.82) is 0 Å². The molecule has 1 saturated carbocycles. The highest BCUT2D eigenvalue weighted by Gasteiger charge is 2.23. The highest BCUT2D eigenvalue weighted by atomic mass is 35.5. The van der Waals surface area contributed by atoms with Gasteiger partial charge in [-0.2, -0.15) is 0 Å². The zero-order chi connectivity index (χ0) is 11.5. The van der Waals surface area contributed by atoms with E-state index in [0.29, 0.717) is 16.0 Å². The maximum atomic E-state index is 6.29. The van der Waals surface area contributed by atoms with Gasteiger partial charge in [0.25, 0.3) is 0 Å². The van der Waals surface area contributed by atoms with Crippen LogP contribution in [0.2, 0.25) is 10.0 Å². The maximum absolute atomic E-state index is 6.29. The van der Waals surface area contributed by atoms with E-state index in [1.807, 2.05) is 12.1 Å². The highest BCUT2D eigenvalue weighted by molar-refractivity contribution is 6.35. The standard InChI is InChI=1S/C13H17Cl2N.ClH/c14-10-6-7-11(12(15)8-10)13(16)9-4-2-1-3-5-9;/h6-9,13H,1-5,16H2;1H/t13-;/m0./s1. The van der Waals surface area contributed by atoms with Crippen LogP contribution in [0, 0.1) is 5.92 Å². The minimum atomic E-state index is 0. The van der Waals surface area contributed by atoms with Gasteiger partial charge in [-0.15, -0.1) is 12.4 Å². The van der Waals surface area contributed by atoms with E-state index in [9.17, 15) is 0 Å². The molecule has 0 aromatic heterocycles. The Bertz CT molecular complexity index is 362. The van der Waals surface area contributed by atoms with Crippen molar-refractivity contribution in [3.05, 3.63) is 33.8 Å². The summed E-state index contributed by atoms with van der Waals surface area (Å²) >= 11 is 12.1. The Balaban J connectivity index is 0.00000144. The van der Waals surface area contributed by atoms with Crippen LogP contribution in [-0.4, -0.2) is 0 Å². The lowest BCUT2D eigenvalue weighted by Gasteiger charge is -2.28. The van der Waals surface area contributed by atoms with Crippen LogP contribution in [0.25, 0.3) is 0 Å². The summed E-state index contributed by atoms with van der Waals surface area (Å²) in [6.45, 7) is 0. The van der Waals surface area contributed by atoms with Gasteiger partial charge in [0, 0.05) is 16.1 Å². The van der Waals surface area contributed by atoms with Crippen molar-refractivity contribution < 1.29 is 0 Å². The molecule has 96 valence electrons. The molecular weight excluding hydrogens is 277 g/mol. The van der Waals surface area contributed by atoms with Crippen LogP contribution in [0.1, 0.15) is 43.7 Å². The Morgan fingerprint density at radius 1 is 1.12 bits per heavy atom. The third-order valence-electron chi connectivity index (χ3n) is 3.48. The second kappa shape index (κ2) is 6.84. The van der Waals surface area contributed by atoms with E-state index >= 15 is 0 Å². The van der Waals surface area contributed by atoms with Gasteiger partial charge in [-0.05, 0) is 36.5 Å². The van der Waals surface area contributed by atoms with Crippen molar-refractivity contribution in [3.63, 3.8) is 0 Å². The molecule has 0 bridgehead atoms. The molecule has 0 amide bonds. The summed E-state index contributed by atoms with van der Waals surface area (Å²) in [7, 11) is 0. The first-order valence-electron chi connectivity index (χ1n) is 5.89. The van der Waals surface area contributed by atoms with Gasteiger partial charge in [0.05, 0.1) is 0 Å². The largest absolute Gasteiger partial charge is 0.324 e. The molecule has 1 aliphatic rings. The van der Waals surface area contributed by atoms with Crippen LogP contribution in [0.15, 0.2) is 18.2 Å². The molecule has 4 heteroatoms. The molecule has 0 heterocycles. The molecule has 0 radical (unpaired) electrons. The van der Waals surface area contributed by atoms with Crippen molar-refractivity contribution in [2.24, 2.45) is 11.7 Å². The lowest BCUT2D eigenvalue weighted by Crippen LogP contribution is -2.23. The van der Waals surface area contributed by atoms with Crippen molar-refractivity contribution in [1.82, 2.24) is 0 Å². The summed E-state index contributed by atoms with van der Waals surface area (Å²) in [4.78, 5) is 0. The van der Waals surface area contributed by atoms with Crippen LogP contribution in [0.4, 0.5) is 0 Å². The molecule has 0 unspecified atom stereocenters. The monoisotopic (exact) mass is 293 g/mol. The quantitative estimate of drug-likeness (QED) is 0.816. The van der Waals surface area contributed by atoms with E-state index in [1.165, 1.54) is 32.1 Å². The van der Waals surface area contributed by atoms with Gasteiger partial charge >= 0.3 is 0 Å². The average Bonchev–Trinajstić information content (AvgIpc) is 2.29. The van der Waals surface area contributed by atoms with Crippen LogP contribution in [-0.2, 0) is 0 Å². The minimum Gasteiger partial charge on any atom is -0.324 e. The highest BCUT2D eigenvalue weighted by Crippen LogP contribution is 2.36. The summed E-state index contributed by atoms with van der Waals surface area (Å²) in [5.41, 5.74) is 7.33. The third kappa shape index (κ3) is 3.75. The average molecular weight is 295 g/mol. The van der Waals surface area contributed by atoms with Crippen molar-refractivity contribution in [2.45, 2.75) is 38.1 Å². The topological polar surface area (TPSA) is 26.0 Å². The summed E-state index contributed by atoms with van der Waals surface area (Å²) in [5, 5.41) is 1.37. The van der Waals surface area contributed by atoms with E-state index in [4.69, 9.17) is 28.9 Å². The minimum absolute atomic E-state index is 0. The molecule has 1 fully saturated rings. The molecule has 1 aromatic rings. The molecule has 2 rings (SSSR count). The molecule has 1 atom stereocenters. The summed E-state index contributed by atoms with van der Waals surface area (Å²) in [6.07, 6.45) is 6.38. The summed E-state index contributed by atoms with van der Waals surface area (Å²) in [6, 6.07) is 5.67. The fraction of sp³-hybridized carbons (Fsp3) is 0.538. The molecule has 0 spiro atoms. The van der Waals surface area contributed by atoms with Gasteiger partial charge in [-0.3, -0.25) is 0 Å². The van der Waals surface area contributed by atoms with Gasteiger partial charge in [0.2, 0.25) is 0 Å².